The molecule has 1 aliphatic heterocycles. The average Bonchev–Trinajstić information content (AvgIpc) is 3.31. The Morgan fingerprint density at radius 3 is 2.83 bits per heavy atom. The molecule has 0 bridgehead atoms. The maximum Gasteiger partial charge on any atom is 0.281 e. The first-order valence-electron chi connectivity index (χ1n) is 11.8. The summed E-state index contributed by atoms with van der Waals surface area (Å²) in [5.41, 5.74) is 3.57. The molecule has 1 saturated heterocycles. The van der Waals surface area contributed by atoms with E-state index in [2.05, 4.69) is 20.3 Å². The Labute approximate surface area is 202 Å². The largest absolute Gasteiger partial charge is 0.508 e. The fraction of sp³-hybridized carbons (Fsp3) is 0.296. The van der Waals surface area contributed by atoms with Crippen LogP contribution >= 0.6 is 0 Å². The van der Waals surface area contributed by atoms with Gasteiger partial charge in [-0.1, -0.05) is 12.1 Å². The maximum absolute atomic E-state index is 14.4. The Morgan fingerprint density at radius 2 is 2.09 bits per heavy atom. The molecule has 0 saturated carbocycles. The van der Waals surface area contributed by atoms with E-state index >= 15 is 0 Å². The zero-order valence-electron chi connectivity index (χ0n) is 19.8. The van der Waals surface area contributed by atoms with Crippen molar-refractivity contribution < 1.29 is 9.50 Å². The van der Waals surface area contributed by atoms with Gasteiger partial charge in [0.2, 0.25) is 0 Å². The van der Waals surface area contributed by atoms with Crippen LogP contribution in [0.15, 0.2) is 59.7 Å². The number of hydrogen-bond donors (Lipinski definition) is 2. The number of aromatic nitrogens is 3. The van der Waals surface area contributed by atoms with Gasteiger partial charge in [0.15, 0.2) is 0 Å². The highest BCUT2D eigenvalue weighted by Gasteiger charge is 2.21. The molecule has 2 aromatic carbocycles. The number of aromatic hydroxyl groups is 1. The number of pyridine rings is 1. The Bertz CT molecular complexity index is 1430. The molecule has 35 heavy (non-hydrogen) atoms. The molecule has 0 unspecified atom stereocenters. The molecule has 8 heteroatoms. The van der Waals surface area contributed by atoms with Crippen molar-refractivity contribution in [2.45, 2.75) is 32.4 Å². The van der Waals surface area contributed by atoms with Gasteiger partial charge < -0.3 is 15.3 Å². The number of aryl methyl sites for hydroxylation is 1. The number of halogens is 1. The first-order valence-corrected chi connectivity index (χ1v) is 11.8. The summed E-state index contributed by atoms with van der Waals surface area (Å²) in [6.07, 6.45) is 5.53. The molecule has 0 radical (unpaired) electrons. The highest BCUT2D eigenvalue weighted by atomic mass is 19.1. The third kappa shape index (κ3) is 4.80. The zero-order valence-corrected chi connectivity index (χ0v) is 19.8. The molecule has 7 nitrogen and oxygen atoms in total. The van der Waals surface area contributed by atoms with Crippen LogP contribution in [0.3, 0.4) is 0 Å². The number of nitrogens with zero attached hydrogens (tertiary/aromatic N) is 4. The number of hydrogen-bond acceptors (Lipinski definition) is 6. The summed E-state index contributed by atoms with van der Waals surface area (Å²) in [4.78, 5) is 20.5. The fourth-order valence-corrected chi connectivity index (χ4v) is 4.91. The lowest BCUT2D eigenvalue weighted by molar-refractivity contribution is 0.294. The van der Waals surface area contributed by atoms with E-state index in [0.717, 1.165) is 42.6 Å². The smallest absolute Gasteiger partial charge is 0.281 e. The van der Waals surface area contributed by atoms with Gasteiger partial charge in [0.1, 0.15) is 11.6 Å². The monoisotopic (exact) mass is 473 g/mol. The molecule has 1 aliphatic rings. The minimum atomic E-state index is -0.335. The standard InChI is InChI=1S/C27H28FN5O2/c1-17-9-18(11-19(28)10-17)23-13-30-25-14-31-33(21-6-3-7-22(34)12-21)27(35)26(25)24(23)16-32(2)15-20-5-4-8-29-20/h3,6-7,9-14,20,29,34H,4-5,8,15-16H2,1-2H3/t20-/m0/s1. The molecule has 2 N–H and O–H groups in total. The number of phenols is 1. The molecular weight excluding hydrogens is 445 g/mol. The first-order chi connectivity index (χ1) is 16.9. The second-order valence-electron chi connectivity index (χ2n) is 9.30. The number of nitrogens with one attached hydrogen (secondary N) is 1. The summed E-state index contributed by atoms with van der Waals surface area (Å²) < 4.78 is 15.6. The molecule has 2 aromatic heterocycles. The Balaban J connectivity index is 1.70. The molecule has 1 atom stereocenters. The molecule has 1 fully saturated rings. The summed E-state index contributed by atoms with van der Waals surface area (Å²) in [7, 11) is 2.03. The van der Waals surface area contributed by atoms with Gasteiger partial charge in [0.25, 0.3) is 5.56 Å². The van der Waals surface area contributed by atoms with Gasteiger partial charge >= 0.3 is 0 Å². The summed E-state index contributed by atoms with van der Waals surface area (Å²) in [6.45, 7) is 4.18. The van der Waals surface area contributed by atoms with Gasteiger partial charge in [-0.2, -0.15) is 9.78 Å². The van der Waals surface area contributed by atoms with Crippen molar-refractivity contribution in [1.29, 1.82) is 0 Å². The second kappa shape index (κ2) is 9.56. The summed E-state index contributed by atoms with van der Waals surface area (Å²) in [5.74, 6) is -0.288. The Hall–Kier alpha value is -3.62. The number of fused-ring (bicyclic) bond motifs is 1. The van der Waals surface area contributed by atoms with Crippen LogP contribution in [0.4, 0.5) is 4.39 Å². The van der Waals surface area contributed by atoms with Crippen molar-refractivity contribution in [3.63, 3.8) is 0 Å². The van der Waals surface area contributed by atoms with Crippen molar-refractivity contribution in [2.24, 2.45) is 0 Å². The molecule has 0 spiro atoms. The van der Waals surface area contributed by atoms with Crippen LogP contribution in [0.25, 0.3) is 27.7 Å². The van der Waals surface area contributed by atoms with E-state index in [0.29, 0.717) is 34.7 Å². The lowest BCUT2D eigenvalue weighted by atomic mass is 9.97. The van der Waals surface area contributed by atoms with Crippen LogP contribution in [-0.4, -0.2) is 50.9 Å². The van der Waals surface area contributed by atoms with E-state index < -0.39 is 0 Å². The van der Waals surface area contributed by atoms with Gasteiger partial charge in [-0.05, 0) is 74.3 Å². The SMILES string of the molecule is Cc1cc(F)cc(-c2cnc3cnn(-c4cccc(O)c4)c(=O)c3c2CN(C)C[C@@H]2CCCN2)c1. The van der Waals surface area contributed by atoms with Crippen LogP contribution in [0, 0.1) is 12.7 Å². The van der Waals surface area contributed by atoms with E-state index in [4.69, 9.17) is 0 Å². The van der Waals surface area contributed by atoms with E-state index in [-0.39, 0.29) is 17.1 Å². The highest BCUT2D eigenvalue weighted by Crippen LogP contribution is 2.30. The normalized spacial score (nSPS) is 15.8. The van der Waals surface area contributed by atoms with E-state index in [1.54, 1.807) is 30.6 Å². The van der Waals surface area contributed by atoms with Crippen LogP contribution in [0.1, 0.15) is 24.0 Å². The minimum Gasteiger partial charge on any atom is -0.508 e. The number of phenolic OH excluding ortho intramolecular Hbond substituents is 1. The predicted octanol–water partition coefficient (Wildman–Crippen LogP) is 3.78. The van der Waals surface area contributed by atoms with Crippen LogP contribution in [0.5, 0.6) is 5.75 Å². The van der Waals surface area contributed by atoms with Crippen LogP contribution in [0.2, 0.25) is 0 Å². The molecule has 0 aliphatic carbocycles. The van der Waals surface area contributed by atoms with Gasteiger partial charge in [-0.15, -0.1) is 0 Å². The molecule has 180 valence electrons. The summed E-state index contributed by atoms with van der Waals surface area (Å²) >= 11 is 0. The van der Waals surface area contributed by atoms with Crippen molar-refractivity contribution in [1.82, 2.24) is 25.0 Å². The third-order valence-corrected chi connectivity index (χ3v) is 6.47. The van der Waals surface area contributed by atoms with Crippen molar-refractivity contribution in [3.8, 4) is 22.6 Å². The van der Waals surface area contributed by atoms with Crippen molar-refractivity contribution >= 4 is 10.9 Å². The lowest BCUT2D eigenvalue weighted by Crippen LogP contribution is -2.35. The van der Waals surface area contributed by atoms with Crippen LogP contribution in [-0.2, 0) is 6.54 Å². The van der Waals surface area contributed by atoms with E-state index in [1.807, 2.05) is 20.0 Å². The molecule has 0 amide bonds. The molecule has 5 rings (SSSR count). The van der Waals surface area contributed by atoms with Gasteiger partial charge in [0, 0.05) is 37.0 Å². The van der Waals surface area contributed by atoms with E-state index in [1.165, 1.54) is 22.9 Å². The molecule has 3 heterocycles. The fourth-order valence-electron chi connectivity index (χ4n) is 4.91. The first kappa shape index (κ1) is 23.1. The van der Waals surface area contributed by atoms with Gasteiger partial charge in [-0.3, -0.25) is 9.78 Å². The molecular formula is C27H28FN5O2. The lowest BCUT2D eigenvalue weighted by Gasteiger charge is -2.23. The zero-order chi connectivity index (χ0) is 24.5. The van der Waals surface area contributed by atoms with Gasteiger partial charge in [0.05, 0.1) is 22.8 Å². The highest BCUT2D eigenvalue weighted by molar-refractivity contribution is 5.87. The Kier molecular flexibility index (Phi) is 6.32. The topological polar surface area (TPSA) is 83.3 Å². The van der Waals surface area contributed by atoms with Crippen LogP contribution < -0.4 is 10.9 Å². The van der Waals surface area contributed by atoms with Gasteiger partial charge in [-0.25, -0.2) is 4.39 Å². The average molecular weight is 474 g/mol. The molecule has 4 aromatic rings. The summed E-state index contributed by atoms with van der Waals surface area (Å²) in [5, 5.41) is 18.2. The summed E-state index contributed by atoms with van der Waals surface area (Å²) in [6, 6.07) is 11.7. The number of benzene rings is 2. The minimum absolute atomic E-state index is 0.0439. The van der Waals surface area contributed by atoms with Crippen molar-refractivity contribution in [3.05, 3.63) is 82.2 Å². The quantitative estimate of drug-likeness (QED) is 0.444. The second-order valence-corrected chi connectivity index (χ2v) is 9.30. The third-order valence-electron chi connectivity index (χ3n) is 6.47. The van der Waals surface area contributed by atoms with E-state index in [9.17, 15) is 14.3 Å². The van der Waals surface area contributed by atoms with Crippen molar-refractivity contribution in [2.75, 3.05) is 20.1 Å². The number of rotatable bonds is 6. The number of likely N-dealkylation sites (N-methyl/N-ethyl adjacent to an activating group) is 1. The Morgan fingerprint density at radius 1 is 1.23 bits per heavy atom. The maximum atomic E-state index is 14.4. The predicted molar refractivity (Wildman–Crippen MR) is 134 cm³/mol.